The van der Waals surface area contributed by atoms with Crippen LogP contribution in [0, 0.1) is 23.7 Å². The van der Waals surface area contributed by atoms with Gasteiger partial charge >= 0.3 is 6.09 Å². The number of ether oxygens (including phenoxy) is 1. The fraction of sp³-hybridized carbons (Fsp3) is 0.500. The molecule has 0 aliphatic carbocycles. The topological polar surface area (TPSA) is 137 Å². The van der Waals surface area contributed by atoms with Crippen LogP contribution in [0.2, 0.25) is 0 Å². The highest BCUT2D eigenvalue weighted by molar-refractivity contribution is 5.94. The second-order valence-electron chi connectivity index (χ2n) is 14.0. The zero-order valence-corrected chi connectivity index (χ0v) is 29.5. The molecule has 262 valence electrons. The molecule has 2 fully saturated rings. The number of H-pyrrole nitrogens is 1. The Morgan fingerprint density at radius 1 is 0.837 bits per heavy atom. The van der Waals surface area contributed by atoms with Gasteiger partial charge in [0, 0.05) is 31.2 Å². The quantitative estimate of drug-likeness (QED) is 0.233. The van der Waals surface area contributed by atoms with E-state index in [2.05, 4.69) is 58.7 Å². The summed E-state index contributed by atoms with van der Waals surface area (Å²) < 4.78 is 4.69. The average Bonchev–Trinajstić information content (AvgIpc) is 3.80. The first-order valence-electron chi connectivity index (χ1n) is 17.5. The number of anilines is 1. The number of nitrogens with one attached hydrogen (secondary N) is 3. The van der Waals surface area contributed by atoms with E-state index in [4.69, 9.17) is 4.74 Å². The average molecular weight is 671 g/mol. The van der Waals surface area contributed by atoms with Crippen molar-refractivity contribution in [2.45, 2.75) is 72.4 Å². The Hall–Kier alpha value is -4.67. The van der Waals surface area contributed by atoms with Gasteiger partial charge < -0.3 is 30.2 Å². The number of methoxy groups -OCH3 is 1. The molecule has 1 aromatic heterocycles. The highest BCUT2D eigenvalue weighted by atomic mass is 16.5. The van der Waals surface area contributed by atoms with E-state index in [0.29, 0.717) is 37.5 Å². The zero-order valence-electron chi connectivity index (χ0n) is 29.5. The summed E-state index contributed by atoms with van der Waals surface area (Å²) >= 11 is 0. The van der Waals surface area contributed by atoms with Crippen molar-refractivity contribution in [3.05, 3.63) is 60.6 Å². The largest absolute Gasteiger partial charge is 0.453 e. The summed E-state index contributed by atoms with van der Waals surface area (Å²) in [7, 11) is 1.27. The maximum absolute atomic E-state index is 13.2. The number of hydrogen-bond acceptors (Lipinski definition) is 6. The molecule has 2 aliphatic heterocycles. The Kier molecular flexibility index (Phi) is 11.4. The maximum atomic E-state index is 13.2. The van der Waals surface area contributed by atoms with E-state index in [0.717, 1.165) is 47.6 Å². The fourth-order valence-electron chi connectivity index (χ4n) is 6.63. The number of likely N-dealkylation sites (tertiary alicyclic amines) is 2. The van der Waals surface area contributed by atoms with Gasteiger partial charge in [-0.05, 0) is 66.3 Å². The predicted octanol–water partition coefficient (Wildman–Crippen LogP) is 6.26. The summed E-state index contributed by atoms with van der Waals surface area (Å²) in [5, 5.41) is 5.65. The minimum Gasteiger partial charge on any atom is -0.453 e. The summed E-state index contributed by atoms with van der Waals surface area (Å²) in [6, 6.07) is 15.2. The highest BCUT2D eigenvalue weighted by Gasteiger charge is 2.36. The molecular weight excluding hydrogens is 620 g/mol. The van der Waals surface area contributed by atoms with E-state index in [9.17, 15) is 19.2 Å². The fourth-order valence-corrected chi connectivity index (χ4v) is 6.63. The molecule has 3 N–H and O–H groups in total. The van der Waals surface area contributed by atoms with E-state index in [1.165, 1.54) is 7.11 Å². The second kappa shape index (κ2) is 15.7. The van der Waals surface area contributed by atoms with Gasteiger partial charge in [-0.2, -0.15) is 0 Å². The number of benzene rings is 2. The first-order valence-corrected chi connectivity index (χ1v) is 17.5. The van der Waals surface area contributed by atoms with Gasteiger partial charge in [-0.25, -0.2) is 9.78 Å². The molecule has 5 rings (SSSR count). The van der Waals surface area contributed by atoms with Crippen LogP contribution in [0.25, 0.3) is 22.4 Å². The number of rotatable bonds is 10. The molecule has 11 nitrogen and oxygen atoms in total. The molecule has 4 atom stereocenters. The SMILES string of the molecule is COC(=O)N[C@H](C(=O)N1CCC[C@H](C(=O)Nc2ccc(-c3ccc(-c4cnc([C@@H]5CCCN5C(=O)[C@@H](C)C(C)C)[nH]4)cc3)cc2)C1)C(C)C. The molecule has 2 aliphatic rings. The number of imidazole rings is 1. The van der Waals surface area contributed by atoms with E-state index >= 15 is 0 Å². The van der Waals surface area contributed by atoms with E-state index < -0.39 is 12.1 Å². The Bertz CT molecular complexity index is 1620. The minimum atomic E-state index is -0.717. The number of amides is 4. The number of carbonyl (C=O) groups is 4. The molecule has 2 aromatic carbocycles. The third-order valence-electron chi connectivity index (χ3n) is 10.0. The van der Waals surface area contributed by atoms with Crippen LogP contribution in [0.4, 0.5) is 10.5 Å². The Balaban J connectivity index is 1.18. The number of aromatic amines is 1. The molecule has 0 saturated carbocycles. The first kappa shape index (κ1) is 35.6. The number of nitrogens with zero attached hydrogens (tertiary/aromatic N) is 3. The summed E-state index contributed by atoms with van der Waals surface area (Å²) in [5.41, 5.74) is 4.67. The van der Waals surface area contributed by atoms with Gasteiger partial charge in [0.1, 0.15) is 11.9 Å². The van der Waals surface area contributed by atoms with Gasteiger partial charge in [0.2, 0.25) is 17.7 Å². The molecule has 49 heavy (non-hydrogen) atoms. The van der Waals surface area contributed by atoms with Crippen molar-refractivity contribution in [1.29, 1.82) is 0 Å². The van der Waals surface area contributed by atoms with Crippen LogP contribution >= 0.6 is 0 Å². The molecule has 3 heterocycles. The van der Waals surface area contributed by atoms with Crippen LogP contribution in [0.5, 0.6) is 0 Å². The van der Waals surface area contributed by atoms with Crippen molar-refractivity contribution >= 4 is 29.5 Å². The van der Waals surface area contributed by atoms with Crippen molar-refractivity contribution in [3.8, 4) is 22.4 Å². The standard InChI is InChI=1S/C38H50N6O5/c1-23(2)25(5)36(46)44-20-8-10-32(44)34-39-21-31(41-34)28-13-11-26(12-14-28)27-15-17-30(18-16-27)40-35(45)29-9-7-19-43(22-29)37(47)33(24(3)4)42-38(48)49-6/h11-18,21,23-25,29,32-33H,7-10,19-20,22H2,1-6H3,(H,39,41)(H,40,45)(H,42,48)/t25-,29-,32-,33-/m0/s1. The van der Waals surface area contributed by atoms with Crippen molar-refractivity contribution < 1.29 is 23.9 Å². The predicted molar refractivity (Wildman–Crippen MR) is 189 cm³/mol. The number of aromatic nitrogens is 2. The molecule has 11 heteroatoms. The monoisotopic (exact) mass is 670 g/mol. The molecule has 4 amide bonds. The molecule has 2 saturated heterocycles. The van der Waals surface area contributed by atoms with Crippen LogP contribution in [0.1, 0.15) is 72.2 Å². The normalized spacial score (nSPS) is 19.1. The number of piperidine rings is 1. The lowest BCUT2D eigenvalue weighted by Gasteiger charge is -2.35. The van der Waals surface area contributed by atoms with Crippen LogP contribution in [-0.4, -0.2) is 76.4 Å². The summed E-state index contributed by atoms with van der Waals surface area (Å²) in [4.78, 5) is 63.2. The van der Waals surface area contributed by atoms with Crippen LogP contribution in [0.3, 0.4) is 0 Å². The van der Waals surface area contributed by atoms with Gasteiger partial charge in [0.05, 0.1) is 31.0 Å². The number of alkyl carbamates (subject to hydrolysis) is 1. The molecule has 0 radical (unpaired) electrons. The second-order valence-corrected chi connectivity index (χ2v) is 14.0. The van der Waals surface area contributed by atoms with E-state index in [1.54, 1.807) is 4.90 Å². The lowest BCUT2D eigenvalue weighted by Crippen LogP contribution is -2.54. The number of carbonyl (C=O) groups excluding carboxylic acids is 4. The van der Waals surface area contributed by atoms with E-state index in [1.807, 2.05) is 56.1 Å². The van der Waals surface area contributed by atoms with Gasteiger partial charge in [0.15, 0.2) is 0 Å². The van der Waals surface area contributed by atoms with Crippen LogP contribution in [0.15, 0.2) is 54.7 Å². The molecule has 0 unspecified atom stereocenters. The number of hydrogen-bond donors (Lipinski definition) is 3. The van der Waals surface area contributed by atoms with Gasteiger partial charge in [-0.15, -0.1) is 0 Å². The molecule has 0 spiro atoms. The van der Waals surface area contributed by atoms with Crippen molar-refractivity contribution in [1.82, 2.24) is 25.1 Å². The van der Waals surface area contributed by atoms with Crippen molar-refractivity contribution in [2.24, 2.45) is 23.7 Å². The molecule has 0 bridgehead atoms. The summed E-state index contributed by atoms with van der Waals surface area (Å²) in [6.45, 7) is 11.5. The van der Waals surface area contributed by atoms with Crippen LogP contribution in [-0.2, 0) is 19.1 Å². The lowest BCUT2D eigenvalue weighted by molar-refractivity contribution is -0.138. The Morgan fingerprint density at radius 2 is 1.47 bits per heavy atom. The van der Waals surface area contributed by atoms with E-state index in [-0.39, 0.29) is 41.5 Å². The lowest BCUT2D eigenvalue weighted by atomic mass is 9.95. The first-order chi connectivity index (χ1) is 23.5. The highest BCUT2D eigenvalue weighted by Crippen LogP contribution is 2.34. The van der Waals surface area contributed by atoms with Crippen molar-refractivity contribution in [3.63, 3.8) is 0 Å². The third kappa shape index (κ3) is 8.32. The Morgan fingerprint density at radius 3 is 2.10 bits per heavy atom. The van der Waals surface area contributed by atoms with Crippen LogP contribution < -0.4 is 10.6 Å². The van der Waals surface area contributed by atoms with Gasteiger partial charge in [-0.1, -0.05) is 71.0 Å². The summed E-state index contributed by atoms with van der Waals surface area (Å²) in [5.74, 6) is 0.502. The Labute approximate surface area is 289 Å². The minimum absolute atomic E-state index is 0.0186. The molecular formula is C38H50N6O5. The smallest absolute Gasteiger partial charge is 0.407 e. The van der Waals surface area contributed by atoms with Gasteiger partial charge in [0.25, 0.3) is 0 Å². The zero-order chi connectivity index (χ0) is 35.2. The van der Waals surface area contributed by atoms with Gasteiger partial charge in [-0.3, -0.25) is 14.4 Å². The summed E-state index contributed by atoms with van der Waals surface area (Å²) in [6.07, 6.45) is 4.47. The maximum Gasteiger partial charge on any atom is 0.407 e. The van der Waals surface area contributed by atoms with Crippen molar-refractivity contribution in [2.75, 3.05) is 32.1 Å². The molecule has 3 aromatic rings. The third-order valence-corrected chi connectivity index (χ3v) is 10.0.